The summed E-state index contributed by atoms with van der Waals surface area (Å²) in [5.41, 5.74) is 6.28. The molecule has 2 fully saturated rings. The van der Waals surface area contributed by atoms with Gasteiger partial charge < -0.3 is 29.2 Å². The summed E-state index contributed by atoms with van der Waals surface area (Å²) in [4.78, 5) is 34.2. The maximum absolute atomic E-state index is 14.9. The molecule has 2 saturated heterocycles. The second-order valence-electron chi connectivity index (χ2n) is 16.2. The molecule has 70 heavy (non-hydrogen) atoms. The Morgan fingerprint density at radius 3 is 1.44 bits per heavy atom. The van der Waals surface area contributed by atoms with Gasteiger partial charge in [0.25, 0.3) is 0 Å². The predicted molar refractivity (Wildman–Crippen MR) is 244 cm³/mol. The van der Waals surface area contributed by atoms with Crippen LogP contribution in [-0.2, 0) is 15.7 Å². The van der Waals surface area contributed by atoms with Crippen LogP contribution in [0.1, 0.15) is 11.6 Å². The lowest BCUT2D eigenvalue weighted by Crippen LogP contribution is -2.36. The van der Waals surface area contributed by atoms with Crippen LogP contribution in [0.25, 0.3) is 77.8 Å². The highest BCUT2D eigenvalue weighted by molar-refractivity contribution is 5.99. The minimum absolute atomic E-state index is 0.0315. The molecule has 22 heteroatoms. The van der Waals surface area contributed by atoms with Crippen molar-refractivity contribution in [3.63, 3.8) is 0 Å². The summed E-state index contributed by atoms with van der Waals surface area (Å²) in [5.74, 6) is -3.44. The Hall–Kier alpha value is -8.42. The number of nitriles is 1. The van der Waals surface area contributed by atoms with Crippen molar-refractivity contribution < 1.29 is 40.2 Å². The van der Waals surface area contributed by atoms with Crippen molar-refractivity contribution in [3.8, 4) is 40.0 Å². The molecule has 0 unspecified atom stereocenters. The van der Waals surface area contributed by atoms with Crippen LogP contribution in [0.2, 0.25) is 0 Å². The van der Waals surface area contributed by atoms with E-state index in [0.29, 0.717) is 97.3 Å². The lowest BCUT2D eigenvalue weighted by molar-refractivity contribution is -0.144. The lowest BCUT2D eigenvalue weighted by Gasteiger charge is -2.29. The van der Waals surface area contributed by atoms with Crippen LogP contribution in [0, 0.1) is 34.6 Å². The number of imidazole rings is 4. The Morgan fingerprint density at radius 2 is 1.00 bits per heavy atom. The minimum Gasteiger partial charge on any atom is -0.378 e. The van der Waals surface area contributed by atoms with Crippen LogP contribution >= 0.6 is 0 Å². The number of nitrogens with one attached hydrogen (secondary N) is 2. The quantitative estimate of drug-likeness (QED) is 0.153. The number of ether oxygens (including phenoxy) is 2. The summed E-state index contributed by atoms with van der Waals surface area (Å²) < 4.78 is 113. The lowest BCUT2D eigenvalue weighted by atomic mass is 10.1. The van der Waals surface area contributed by atoms with Gasteiger partial charge in [0.05, 0.1) is 94.4 Å². The molecule has 0 radical (unpaired) electrons. The van der Waals surface area contributed by atoms with Crippen LogP contribution < -0.4 is 9.80 Å². The van der Waals surface area contributed by atoms with Gasteiger partial charge in [0.15, 0.2) is 0 Å². The molecule has 6 aromatic heterocycles. The van der Waals surface area contributed by atoms with Gasteiger partial charge in [0.1, 0.15) is 53.0 Å². The number of alkyl halides is 3. The first-order chi connectivity index (χ1) is 33.9. The number of pyridine rings is 2. The van der Waals surface area contributed by atoms with Gasteiger partial charge in [0, 0.05) is 61.1 Å². The third kappa shape index (κ3) is 7.83. The molecule has 0 atom stereocenters. The number of halogens is 7. The Labute approximate surface area is 390 Å². The van der Waals surface area contributed by atoms with Gasteiger partial charge in [-0.1, -0.05) is 0 Å². The minimum atomic E-state index is -4.64. The largest absolute Gasteiger partial charge is 0.449 e. The average Bonchev–Trinajstić information content (AvgIpc) is 4.23. The number of morpholine rings is 2. The van der Waals surface area contributed by atoms with Crippen molar-refractivity contribution in [3.05, 3.63) is 133 Å². The fourth-order valence-corrected chi connectivity index (χ4v) is 8.88. The second-order valence-corrected chi connectivity index (χ2v) is 16.2. The molecule has 352 valence electrons. The number of rotatable bonds is 6. The van der Waals surface area contributed by atoms with E-state index < -0.39 is 35.3 Å². The van der Waals surface area contributed by atoms with Crippen LogP contribution in [0.4, 0.5) is 42.1 Å². The van der Waals surface area contributed by atoms with E-state index in [9.17, 15) is 36.0 Å². The molecular weight excluding hydrogens is 924 g/mol. The molecule has 0 saturated carbocycles. The first-order valence-electron chi connectivity index (χ1n) is 21.7. The zero-order chi connectivity index (χ0) is 48.3. The maximum atomic E-state index is 14.9. The molecule has 10 aromatic rings. The van der Waals surface area contributed by atoms with Crippen molar-refractivity contribution in [2.75, 3.05) is 62.4 Å². The van der Waals surface area contributed by atoms with E-state index in [1.807, 2.05) is 29.2 Å². The van der Waals surface area contributed by atoms with Crippen molar-refractivity contribution in [1.82, 2.24) is 49.0 Å². The highest BCUT2D eigenvalue weighted by Gasteiger charge is 2.35. The van der Waals surface area contributed by atoms with Gasteiger partial charge in [-0.05, 0) is 60.7 Å². The molecule has 0 aliphatic carbocycles. The highest BCUT2D eigenvalue weighted by atomic mass is 19.4. The van der Waals surface area contributed by atoms with Gasteiger partial charge in [-0.25, -0.2) is 37.5 Å². The molecule has 0 bridgehead atoms. The fraction of sp³-hybridized carbons (Fsp3) is 0.188. The Kier molecular flexibility index (Phi) is 11.1. The average molecular weight is 958 g/mol. The van der Waals surface area contributed by atoms with Gasteiger partial charge >= 0.3 is 6.18 Å². The fourth-order valence-electron chi connectivity index (χ4n) is 8.88. The van der Waals surface area contributed by atoms with Gasteiger partial charge in [-0.3, -0.25) is 19.1 Å². The van der Waals surface area contributed by atoms with Crippen molar-refractivity contribution in [2.45, 2.75) is 6.18 Å². The number of H-pyrrole nitrogens is 2. The van der Waals surface area contributed by atoms with Crippen LogP contribution in [-0.4, -0.2) is 102 Å². The summed E-state index contributed by atoms with van der Waals surface area (Å²) >= 11 is 0. The molecule has 0 amide bonds. The SMILES string of the molecule is Fc1ccc(F)c2c(-n3cnc4c(-c5cnc(C(F)(F)F)[nH]5)cc(N5CCOCC5)cc43)ccnc12.N#Cc1ncc(-c2cc(N3CCOCC3)cc3c2ncn3-c2ccnc3c(F)ccc(F)c23)[nH]1. The van der Waals surface area contributed by atoms with E-state index in [2.05, 4.69) is 44.8 Å². The predicted octanol–water partition coefficient (Wildman–Crippen LogP) is 9.05. The van der Waals surface area contributed by atoms with E-state index in [4.69, 9.17) is 9.47 Å². The molecule has 2 N–H and O–H groups in total. The Morgan fingerprint density at radius 1 is 0.543 bits per heavy atom. The Bertz CT molecular complexity index is 3680. The third-order valence-corrected chi connectivity index (χ3v) is 12.2. The van der Waals surface area contributed by atoms with Crippen LogP contribution in [0.15, 0.2) is 98.1 Å². The molecule has 15 nitrogen and oxygen atoms in total. The van der Waals surface area contributed by atoms with Crippen molar-refractivity contribution in [1.29, 1.82) is 5.26 Å². The molecule has 8 heterocycles. The van der Waals surface area contributed by atoms with Crippen LogP contribution in [0.3, 0.4) is 0 Å². The summed E-state index contributed by atoms with van der Waals surface area (Å²) in [6, 6.07) is 16.9. The van der Waals surface area contributed by atoms with Gasteiger partial charge in [0.2, 0.25) is 11.6 Å². The normalized spacial score (nSPS) is 14.4. The molecule has 4 aromatic carbocycles. The van der Waals surface area contributed by atoms with Gasteiger partial charge in [-0.2, -0.15) is 18.4 Å². The van der Waals surface area contributed by atoms with Crippen LogP contribution in [0.5, 0.6) is 0 Å². The first-order valence-corrected chi connectivity index (χ1v) is 21.7. The zero-order valence-electron chi connectivity index (χ0n) is 36.3. The number of hydrogen-bond donors (Lipinski definition) is 2. The number of hydrogen-bond acceptors (Lipinski definition) is 11. The molecule has 2 aliphatic heterocycles. The van der Waals surface area contributed by atoms with E-state index in [1.54, 1.807) is 33.8 Å². The summed E-state index contributed by atoms with van der Waals surface area (Å²) in [7, 11) is 0. The summed E-state index contributed by atoms with van der Waals surface area (Å²) in [6.07, 6.45) is 3.88. The topological polar surface area (TPSA) is 168 Å². The highest BCUT2D eigenvalue weighted by Crippen LogP contribution is 2.39. The number of aromatic amines is 2. The maximum Gasteiger partial charge on any atom is 0.449 e. The van der Waals surface area contributed by atoms with E-state index in [0.717, 1.165) is 47.4 Å². The molecule has 2 aliphatic rings. The standard InChI is InChI=1S/C24H17F5N6O.C24H17F2N7O/c25-15-1-2-16(26)22-20(15)18(3-4-30-22)35-12-32-21-14(17-11-31-23(33-17)24(27,28)29)9-13(10-19(21)35)34-5-7-36-8-6-34;25-16-1-2-17(26)24-22(16)19(3-4-28-24)33-13-30-23-15(18-12-29-21(11-27)31-18)9-14(10-20(23)33)32-5-7-34-8-6-32/h1-4,9-12H,5-8H2,(H,31,33);1-4,9-10,12-13H,5-8H2,(H,29,31). The number of fused-ring (bicyclic) bond motifs is 4. The number of benzene rings is 4. The van der Waals surface area contributed by atoms with Gasteiger partial charge in [-0.15, -0.1) is 0 Å². The molecule has 0 spiro atoms. The van der Waals surface area contributed by atoms with E-state index >= 15 is 0 Å². The zero-order valence-corrected chi connectivity index (χ0v) is 36.3. The van der Waals surface area contributed by atoms with Crippen molar-refractivity contribution in [2.24, 2.45) is 0 Å². The first kappa shape index (κ1) is 44.1. The number of aromatic nitrogens is 10. The molecular formula is C48H34F7N13O2. The van der Waals surface area contributed by atoms with Crippen molar-refractivity contribution >= 4 is 55.2 Å². The number of nitrogens with zero attached hydrogens (tertiary/aromatic N) is 11. The Balaban J connectivity index is 0.000000153. The van der Waals surface area contributed by atoms with E-state index in [-0.39, 0.29) is 33.3 Å². The second kappa shape index (κ2) is 17.6. The third-order valence-electron chi connectivity index (χ3n) is 12.2. The monoisotopic (exact) mass is 957 g/mol. The molecule has 12 rings (SSSR count). The summed E-state index contributed by atoms with van der Waals surface area (Å²) in [6.45, 7) is 4.78. The van der Waals surface area contributed by atoms with E-state index in [1.165, 1.54) is 24.8 Å². The smallest absolute Gasteiger partial charge is 0.378 e. The summed E-state index contributed by atoms with van der Waals surface area (Å²) in [5, 5.41) is 9.26. The number of anilines is 2.